The number of carbonyl (C=O) groups is 1. The van der Waals surface area contributed by atoms with Gasteiger partial charge in [0.25, 0.3) is 0 Å². The lowest BCUT2D eigenvalue weighted by molar-refractivity contribution is 0.0697. The van der Waals surface area contributed by atoms with Gasteiger partial charge in [-0.2, -0.15) is 0 Å². The summed E-state index contributed by atoms with van der Waals surface area (Å²) in [7, 11) is 0. The Labute approximate surface area is 107 Å². The Morgan fingerprint density at radius 3 is 2.83 bits per heavy atom. The second kappa shape index (κ2) is 4.23. The topological polar surface area (TPSA) is 50.2 Å². The van der Waals surface area contributed by atoms with Crippen molar-refractivity contribution in [3.63, 3.8) is 0 Å². The van der Waals surface area contributed by atoms with Crippen molar-refractivity contribution in [2.45, 2.75) is 0 Å². The van der Waals surface area contributed by atoms with Gasteiger partial charge in [0.05, 0.1) is 5.56 Å². The van der Waals surface area contributed by atoms with Crippen molar-refractivity contribution in [1.29, 1.82) is 0 Å². The van der Waals surface area contributed by atoms with Gasteiger partial charge >= 0.3 is 5.97 Å². The molecular formula is C14H9NO2S. The quantitative estimate of drug-likeness (QED) is 0.760. The molecule has 0 spiro atoms. The predicted octanol–water partition coefficient (Wildman–Crippen LogP) is 3.66. The molecule has 0 saturated heterocycles. The van der Waals surface area contributed by atoms with E-state index in [-0.39, 0.29) is 5.56 Å². The number of nitrogens with zero attached hydrogens (tertiary/aromatic N) is 1. The van der Waals surface area contributed by atoms with Crippen LogP contribution in [-0.4, -0.2) is 16.1 Å². The standard InChI is InChI=1S/C14H9NO2S/c16-14(17)11-8-15-6-5-10(11)13-7-9-3-1-2-4-12(9)18-13/h1-8H,(H,16,17). The first kappa shape index (κ1) is 10.9. The number of fused-ring (bicyclic) bond motifs is 1. The molecule has 2 aromatic heterocycles. The SMILES string of the molecule is O=C(O)c1cnccc1-c1cc2ccccc2s1. The van der Waals surface area contributed by atoms with Crippen LogP contribution in [0.3, 0.4) is 0 Å². The Morgan fingerprint density at radius 2 is 2.06 bits per heavy atom. The number of aromatic carboxylic acids is 1. The number of benzene rings is 1. The summed E-state index contributed by atoms with van der Waals surface area (Å²) in [6, 6.07) is 11.8. The van der Waals surface area contributed by atoms with Crippen LogP contribution in [0.5, 0.6) is 0 Å². The fourth-order valence-electron chi connectivity index (χ4n) is 1.89. The van der Waals surface area contributed by atoms with Crippen LogP contribution in [0, 0.1) is 0 Å². The normalized spacial score (nSPS) is 10.7. The summed E-state index contributed by atoms with van der Waals surface area (Å²) in [6.07, 6.45) is 3.01. The van der Waals surface area contributed by atoms with Gasteiger partial charge in [0, 0.05) is 27.5 Å². The zero-order valence-corrected chi connectivity index (χ0v) is 10.1. The monoisotopic (exact) mass is 255 g/mol. The van der Waals surface area contributed by atoms with Crippen LogP contribution < -0.4 is 0 Å². The average molecular weight is 255 g/mol. The first-order valence-corrected chi connectivity index (χ1v) is 6.23. The minimum absolute atomic E-state index is 0.240. The van der Waals surface area contributed by atoms with Gasteiger partial charge in [-0.3, -0.25) is 4.98 Å². The minimum Gasteiger partial charge on any atom is -0.478 e. The van der Waals surface area contributed by atoms with Gasteiger partial charge in [-0.15, -0.1) is 11.3 Å². The van der Waals surface area contributed by atoms with E-state index in [1.54, 1.807) is 23.6 Å². The maximum atomic E-state index is 11.2. The van der Waals surface area contributed by atoms with E-state index in [0.717, 1.165) is 20.5 Å². The number of thiophene rings is 1. The largest absolute Gasteiger partial charge is 0.478 e. The summed E-state index contributed by atoms with van der Waals surface area (Å²) < 4.78 is 1.15. The lowest BCUT2D eigenvalue weighted by Gasteiger charge is -2.01. The van der Waals surface area contributed by atoms with E-state index in [4.69, 9.17) is 5.11 Å². The van der Waals surface area contributed by atoms with Crippen molar-refractivity contribution in [2.24, 2.45) is 0 Å². The minimum atomic E-state index is -0.949. The van der Waals surface area contributed by atoms with Crippen LogP contribution in [0.4, 0.5) is 0 Å². The van der Waals surface area contributed by atoms with Gasteiger partial charge in [0.1, 0.15) is 0 Å². The van der Waals surface area contributed by atoms with E-state index < -0.39 is 5.97 Å². The summed E-state index contributed by atoms with van der Waals surface area (Å²) in [5.41, 5.74) is 0.961. The van der Waals surface area contributed by atoms with Crippen molar-refractivity contribution in [3.05, 3.63) is 54.4 Å². The number of carboxylic acids is 1. The molecule has 0 aliphatic carbocycles. The van der Waals surface area contributed by atoms with Crippen LogP contribution in [0.15, 0.2) is 48.8 Å². The second-order valence-corrected chi connectivity index (χ2v) is 4.96. The van der Waals surface area contributed by atoms with Crippen molar-refractivity contribution in [3.8, 4) is 10.4 Å². The third-order valence-corrected chi connectivity index (χ3v) is 3.89. The maximum Gasteiger partial charge on any atom is 0.337 e. The number of carboxylic acid groups (broad SMARTS) is 1. The first-order chi connectivity index (χ1) is 8.75. The zero-order valence-electron chi connectivity index (χ0n) is 9.33. The Morgan fingerprint density at radius 1 is 1.22 bits per heavy atom. The molecule has 18 heavy (non-hydrogen) atoms. The molecule has 3 nitrogen and oxygen atoms in total. The summed E-state index contributed by atoms with van der Waals surface area (Å²) in [4.78, 5) is 16.0. The van der Waals surface area contributed by atoms with Crippen molar-refractivity contribution < 1.29 is 9.90 Å². The van der Waals surface area contributed by atoms with Gasteiger partial charge in [-0.25, -0.2) is 4.79 Å². The summed E-state index contributed by atoms with van der Waals surface area (Å²) in [5.74, 6) is -0.949. The third kappa shape index (κ3) is 1.76. The van der Waals surface area contributed by atoms with Crippen molar-refractivity contribution >= 4 is 27.4 Å². The van der Waals surface area contributed by atoms with E-state index in [1.165, 1.54) is 6.20 Å². The number of hydrogen-bond acceptors (Lipinski definition) is 3. The highest BCUT2D eigenvalue weighted by Crippen LogP contribution is 2.34. The predicted molar refractivity (Wildman–Crippen MR) is 72.0 cm³/mol. The highest BCUT2D eigenvalue weighted by Gasteiger charge is 2.13. The molecule has 0 saturated carbocycles. The number of rotatable bonds is 2. The van der Waals surface area contributed by atoms with Crippen molar-refractivity contribution in [1.82, 2.24) is 4.98 Å². The van der Waals surface area contributed by atoms with Crippen LogP contribution in [0.2, 0.25) is 0 Å². The molecule has 3 aromatic rings. The summed E-state index contributed by atoms with van der Waals surface area (Å²) in [6.45, 7) is 0. The Hall–Kier alpha value is -2.20. The van der Waals surface area contributed by atoms with Crippen molar-refractivity contribution in [2.75, 3.05) is 0 Å². The van der Waals surface area contributed by atoms with E-state index in [2.05, 4.69) is 4.98 Å². The third-order valence-electron chi connectivity index (χ3n) is 2.74. The molecule has 0 fully saturated rings. The van der Waals surface area contributed by atoms with Gasteiger partial charge in [-0.1, -0.05) is 18.2 Å². The van der Waals surface area contributed by atoms with Crippen LogP contribution in [-0.2, 0) is 0 Å². The molecule has 0 atom stereocenters. The van der Waals surface area contributed by atoms with E-state index in [9.17, 15) is 4.79 Å². The lowest BCUT2D eigenvalue weighted by atomic mass is 10.1. The molecule has 3 rings (SSSR count). The fraction of sp³-hybridized carbons (Fsp3) is 0. The molecule has 0 aliphatic heterocycles. The highest BCUT2D eigenvalue weighted by atomic mass is 32.1. The molecule has 88 valence electrons. The molecule has 1 N–H and O–H groups in total. The summed E-state index contributed by atoms with van der Waals surface area (Å²) >= 11 is 1.59. The molecular weight excluding hydrogens is 246 g/mol. The van der Waals surface area contributed by atoms with Gasteiger partial charge < -0.3 is 5.11 Å². The average Bonchev–Trinajstić information content (AvgIpc) is 2.82. The van der Waals surface area contributed by atoms with Gasteiger partial charge in [-0.05, 0) is 23.6 Å². The van der Waals surface area contributed by atoms with E-state index in [0.29, 0.717) is 0 Å². The van der Waals surface area contributed by atoms with Crippen LogP contribution in [0.25, 0.3) is 20.5 Å². The van der Waals surface area contributed by atoms with Crippen LogP contribution >= 0.6 is 11.3 Å². The molecule has 4 heteroatoms. The first-order valence-electron chi connectivity index (χ1n) is 5.42. The van der Waals surface area contributed by atoms with Gasteiger partial charge in [0.15, 0.2) is 0 Å². The van der Waals surface area contributed by atoms with Gasteiger partial charge in [0.2, 0.25) is 0 Å². The lowest BCUT2D eigenvalue weighted by Crippen LogP contribution is -1.99. The molecule has 0 unspecified atom stereocenters. The number of hydrogen-bond donors (Lipinski definition) is 1. The highest BCUT2D eigenvalue weighted by molar-refractivity contribution is 7.22. The molecule has 0 radical (unpaired) electrons. The number of pyridine rings is 1. The smallest absolute Gasteiger partial charge is 0.337 e. The fourth-order valence-corrected chi connectivity index (χ4v) is 3.00. The number of aromatic nitrogens is 1. The molecule has 0 amide bonds. The Kier molecular flexibility index (Phi) is 2.57. The molecule has 1 aromatic carbocycles. The maximum absolute atomic E-state index is 11.2. The molecule has 0 bridgehead atoms. The van der Waals surface area contributed by atoms with E-state index >= 15 is 0 Å². The Bertz CT molecular complexity index is 700. The summed E-state index contributed by atoms with van der Waals surface area (Å²) in [5, 5.41) is 10.3. The second-order valence-electron chi connectivity index (χ2n) is 3.87. The molecule has 2 heterocycles. The zero-order chi connectivity index (χ0) is 12.5. The van der Waals surface area contributed by atoms with Crippen LogP contribution in [0.1, 0.15) is 10.4 Å². The van der Waals surface area contributed by atoms with E-state index in [1.807, 2.05) is 30.3 Å². The Balaban J connectivity index is 2.23. The molecule has 0 aliphatic rings.